The minimum absolute atomic E-state index is 0.188. The molecule has 1 aromatic heterocycles. The highest BCUT2D eigenvalue weighted by molar-refractivity contribution is 5.96. The van der Waals surface area contributed by atoms with Gasteiger partial charge in [0.15, 0.2) is 0 Å². The molecule has 4 amide bonds. The van der Waals surface area contributed by atoms with Crippen molar-refractivity contribution < 1.29 is 19.2 Å². The van der Waals surface area contributed by atoms with E-state index in [0.29, 0.717) is 25.1 Å². The fourth-order valence-corrected chi connectivity index (χ4v) is 3.94. The van der Waals surface area contributed by atoms with Crippen molar-refractivity contribution in [3.63, 3.8) is 0 Å². The summed E-state index contributed by atoms with van der Waals surface area (Å²) in [6, 6.07) is -2.31. The molecule has 10 heteroatoms. The van der Waals surface area contributed by atoms with Gasteiger partial charge in [0, 0.05) is 36.7 Å². The SMILES string of the molecule is CC1(C)CC(=O)N[C@@H]1C(=O)N[C@@H](Cc1cnc[nH]1)C(=O)N1CCC[C@H]1C(N)=O. The van der Waals surface area contributed by atoms with Crippen LogP contribution < -0.4 is 16.4 Å². The fourth-order valence-electron chi connectivity index (χ4n) is 3.94. The van der Waals surface area contributed by atoms with E-state index in [1.54, 1.807) is 6.20 Å². The molecule has 0 aliphatic carbocycles. The van der Waals surface area contributed by atoms with Crippen LogP contribution in [0.4, 0.5) is 0 Å². The Labute approximate surface area is 162 Å². The van der Waals surface area contributed by atoms with E-state index in [-0.39, 0.29) is 24.7 Å². The first-order valence-electron chi connectivity index (χ1n) is 9.36. The second-order valence-electron chi connectivity index (χ2n) is 8.10. The van der Waals surface area contributed by atoms with Crippen LogP contribution in [-0.4, -0.2) is 63.2 Å². The van der Waals surface area contributed by atoms with Crippen molar-refractivity contribution in [3.8, 4) is 0 Å². The second-order valence-corrected chi connectivity index (χ2v) is 8.10. The molecular weight excluding hydrogens is 364 g/mol. The first kappa shape index (κ1) is 19.8. The summed E-state index contributed by atoms with van der Waals surface area (Å²) < 4.78 is 0. The Hall–Kier alpha value is -2.91. The van der Waals surface area contributed by atoms with Gasteiger partial charge >= 0.3 is 0 Å². The van der Waals surface area contributed by atoms with E-state index in [1.165, 1.54) is 11.2 Å². The molecule has 5 N–H and O–H groups in total. The highest BCUT2D eigenvalue weighted by Crippen LogP contribution is 2.30. The fraction of sp³-hybridized carbons (Fsp3) is 0.611. The molecule has 10 nitrogen and oxygen atoms in total. The number of rotatable bonds is 6. The number of likely N-dealkylation sites (tertiary alicyclic amines) is 1. The van der Waals surface area contributed by atoms with Gasteiger partial charge in [-0.15, -0.1) is 0 Å². The topological polar surface area (TPSA) is 150 Å². The number of carbonyl (C=O) groups excluding carboxylic acids is 4. The van der Waals surface area contributed by atoms with Gasteiger partial charge in [0.1, 0.15) is 18.1 Å². The molecule has 0 bridgehead atoms. The van der Waals surface area contributed by atoms with Crippen molar-refractivity contribution in [1.29, 1.82) is 0 Å². The van der Waals surface area contributed by atoms with Crippen molar-refractivity contribution in [2.45, 2.75) is 57.7 Å². The average Bonchev–Trinajstić information content (AvgIpc) is 3.33. The summed E-state index contributed by atoms with van der Waals surface area (Å²) in [7, 11) is 0. The van der Waals surface area contributed by atoms with Crippen LogP contribution in [0.3, 0.4) is 0 Å². The zero-order valence-corrected chi connectivity index (χ0v) is 16.0. The summed E-state index contributed by atoms with van der Waals surface area (Å²) in [5.74, 6) is -1.55. The molecule has 0 saturated carbocycles. The lowest BCUT2D eigenvalue weighted by Gasteiger charge is -2.30. The number of hydrogen-bond donors (Lipinski definition) is 4. The van der Waals surface area contributed by atoms with Gasteiger partial charge in [0.25, 0.3) is 0 Å². The molecular formula is C18H26N6O4. The molecule has 3 rings (SSSR count). The highest BCUT2D eigenvalue weighted by atomic mass is 16.2. The van der Waals surface area contributed by atoms with Crippen LogP contribution in [0.2, 0.25) is 0 Å². The number of H-pyrrole nitrogens is 1. The molecule has 1 aromatic rings. The molecule has 3 atom stereocenters. The van der Waals surface area contributed by atoms with Gasteiger partial charge in [0.05, 0.1) is 6.33 Å². The third-order valence-corrected chi connectivity index (χ3v) is 5.42. The van der Waals surface area contributed by atoms with Gasteiger partial charge in [-0.25, -0.2) is 4.98 Å². The predicted octanol–water partition coefficient (Wildman–Crippen LogP) is -1.17. The van der Waals surface area contributed by atoms with Crippen molar-refractivity contribution in [3.05, 3.63) is 18.2 Å². The molecule has 28 heavy (non-hydrogen) atoms. The third kappa shape index (κ3) is 4.00. The number of imidazole rings is 1. The molecule has 2 aliphatic rings. The summed E-state index contributed by atoms with van der Waals surface area (Å²) in [5.41, 5.74) is 5.54. The van der Waals surface area contributed by atoms with Crippen molar-refractivity contribution in [2.24, 2.45) is 11.1 Å². The molecule has 152 valence electrons. The first-order chi connectivity index (χ1) is 13.2. The predicted molar refractivity (Wildman–Crippen MR) is 98.5 cm³/mol. The molecule has 0 spiro atoms. The number of carbonyl (C=O) groups is 4. The standard InChI is InChI=1S/C18H26N6O4/c1-18(2)7-13(25)23-14(18)16(27)22-11(6-10-8-20-9-21-10)17(28)24-5-3-4-12(24)15(19)26/h8-9,11-12,14H,3-7H2,1-2H3,(H2,19,26)(H,20,21)(H,22,27)(H,23,25)/t11-,12-,14+/m0/s1. The summed E-state index contributed by atoms with van der Waals surface area (Å²) in [6.07, 6.45) is 4.67. The van der Waals surface area contributed by atoms with Crippen LogP contribution >= 0.6 is 0 Å². The number of nitrogens with zero attached hydrogens (tertiary/aromatic N) is 2. The Morgan fingerprint density at radius 3 is 2.75 bits per heavy atom. The van der Waals surface area contributed by atoms with E-state index < -0.39 is 35.4 Å². The van der Waals surface area contributed by atoms with Crippen LogP contribution in [-0.2, 0) is 25.6 Å². The van der Waals surface area contributed by atoms with E-state index >= 15 is 0 Å². The normalized spacial score (nSPS) is 24.6. The monoisotopic (exact) mass is 390 g/mol. The largest absolute Gasteiger partial charge is 0.368 e. The zero-order valence-electron chi connectivity index (χ0n) is 16.0. The lowest BCUT2D eigenvalue weighted by molar-refractivity contribution is -0.141. The quantitative estimate of drug-likeness (QED) is 0.482. The van der Waals surface area contributed by atoms with Gasteiger partial charge in [-0.2, -0.15) is 0 Å². The maximum Gasteiger partial charge on any atom is 0.246 e. The Morgan fingerprint density at radius 1 is 1.43 bits per heavy atom. The summed E-state index contributed by atoms with van der Waals surface area (Å²) >= 11 is 0. The van der Waals surface area contributed by atoms with E-state index in [9.17, 15) is 19.2 Å². The highest BCUT2D eigenvalue weighted by Gasteiger charge is 2.45. The molecule has 2 saturated heterocycles. The van der Waals surface area contributed by atoms with Gasteiger partial charge in [-0.05, 0) is 12.8 Å². The number of nitrogens with two attached hydrogens (primary N) is 1. The van der Waals surface area contributed by atoms with Gasteiger partial charge in [-0.1, -0.05) is 13.8 Å². The minimum Gasteiger partial charge on any atom is -0.368 e. The Bertz CT molecular complexity index is 775. The van der Waals surface area contributed by atoms with E-state index in [0.717, 1.165) is 0 Å². The zero-order chi connectivity index (χ0) is 20.5. The number of aromatic nitrogens is 2. The first-order valence-corrected chi connectivity index (χ1v) is 9.36. The number of hydrogen-bond acceptors (Lipinski definition) is 5. The smallest absolute Gasteiger partial charge is 0.246 e. The Balaban J connectivity index is 1.79. The Morgan fingerprint density at radius 2 is 2.18 bits per heavy atom. The van der Waals surface area contributed by atoms with E-state index in [4.69, 9.17) is 5.73 Å². The molecule has 3 heterocycles. The lowest BCUT2D eigenvalue weighted by atomic mass is 9.84. The van der Waals surface area contributed by atoms with Crippen LogP contribution in [0.1, 0.15) is 38.8 Å². The van der Waals surface area contributed by atoms with Crippen LogP contribution in [0.15, 0.2) is 12.5 Å². The molecule has 0 aromatic carbocycles. The van der Waals surface area contributed by atoms with Crippen molar-refractivity contribution in [1.82, 2.24) is 25.5 Å². The maximum absolute atomic E-state index is 13.1. The molecule has 2 aliphatic heterocycles. The Kier molecular flexibility index (Phi) is 5.39. The molecule has 2 fully saturated rings. The summed E-state index contributed by atoms with van der Waals surface area (Å²) in [4.78, 5) is 57.7. The maximum atomic E-state index is 13.1. The minimum atomic E-state index is -0.902. The number of nitrogens with one attached hydrogen (secondary N) is 3. The second kappa shape index (κ2) is 7.61. The van der Waals surface area contributed by atoms with Gasteiger partial charge in [0.2, 0.25) is 23.6 Å². The third-order valence-electron chi connectivity index (χ3n) is 5.42. The van der Waals surface area contributed by atoms with Crippen LogP contribution in [0.25, 0.3) is 0 Å². The van der Waals surface area contributed by atoms with Crippen LogP contribution in [0, 0.1) is 5.41 Å². The number of primary amides is 1. The number of aromatic amines is 1. The van der Waals surface area contributed by atoms with Crippen molar-refractivity contribution in [2.75, 3.05) is 6.54 Å². The average molecular weight is 390 g/mol. The summed E-state index contributed by atoms with van der Waals surface area (Å²) in [6.45, 7) is 4.06. The van der Waals surface area contributed by atoms with Crippen LogP contribution in [0.5, 0.6) is 0 Å². The number of amides is 4. The molecule has 0 radical (unpaired) electrons. The molecule has 0 unspecified atom stereocenters. The van der Waals surface area contributed by atoms with Gasteiger partial charge < -0.3 is 26.3 Å². The van der Waals surface area contributed by atoms with E-state index in [2.05, 4.69) is 20.6 Å². The van der Waals surface area contributed by atoms with Gasteiger partial charge in [-0.3, -0.25) is 19.2 Å². The van der Waals surface area contributed by atoms with E-state index in [1.807, 2.05) is 13.8 Å². The lowest BCUT2D eigenvalue weighted by Crippen LogP contribution is -2.57. The summed E-state index contributed by atoms with van der Waals surface area (Å²) in [5, 5.41) is 5.44. The van der Waals surface area contributed by atoms with Crippen molar-refractivity contribution >= 4 is 23.6 Å².